The molecule has 0 aromatic heterocycles. The van der Waals surface area contributed by atoms with Gasteiger partial charge in [0.1, 0.15) is 5.54 Å². The van der Waals surface area contributed by atoms with Crippen LogP contribution in [0, 0.1) is 0 Å². The summed E-state index contributed by atoms with van der Waals surface area (Å²) in [6.45, 7) is 3.76. The van der Waals surface area contributed by atoms with Crippen LogP contribution in [0.5, 0.6) is 0 Å². The van der Waals surface area contributed by atoms with E-state index in [9.17, 15) is 4.79 Å². The monoisotopic (exact) mass is 285 g/mol. The average molecular weight is 285 g/mol. The predicted octanol–water partition coefficient (Wildman–Crippen LogP) is 1.65. The maximum absolute atomic E-state index is 12.5. The lowest BCUT2D eigenvalue weighted by Crippen LogP contribution is -2.64. The molecule has 5 heteroatoms. The van der Waals surface area contributed by atoms with Crippen LogP contribution in [0.3, 0.4) is 0 Å². The van der Waals surface area contributed by atoms with E-state index in [2.05, 4.69) is 5.32 Å². The highest BCUT2D eigenvalue weighted by Gasteiger charge is 2.48. The summed E-state index contributed by atoms with van der Waals surface area (Å²) < 4.78 is 16.5. The lowest BCUT2D eigenvalue weighted by atomic mass is 9.78. The number of carbonyl (C=O) groups excluding carboxylic acids is 1. The first-order valence-corrected chi connectivity index (χ1v) is 7.79. The Morgan fingerprint density at radius 3 is 2.85 bits per heavy atom. The summed E-state index contributed by atoms with van der Waals surface area (Å²) in [5.41, 5.74) is -0.699. The highest BCUT2D eigenvalue weighted by atomic mass is 16.5. The minimum absolute atomic E-state index is 0.114. The van der Waals surface area contributed by atoms with Gasteiger partial charge in [-0.25, -0.2) is 4.79 Å². The zero-order valence-corrected chi connectivity index (χ0v) is 12.7. The van der Waals surface area contributed by atoms with Crippen molar-refractivity contribution in [3.05, 3.63) is 0 Å². The summed E-state index contributed by atoms with van der Waals surface area (Å²) >= 11 is 0. The van der Waals surface area contributed by atoms with Gasteiger partial charge >= 0.3 is 5.97 Å². The first kappa shape index (κ1) is 15.7. The minimum Gasteiger partial charge on any atom is -0.465 e. The lowest BCUT2D eigenvalue weighted by molar-refractivity contribution is -0.161. The number of rotatable bonds is 6. The molecule has 2 rings (SSSR count). The third-order valence-corrected chi connectivity index (χ3v) is 4.43. The van der Waals surface area contributed by atoms with Gasteiger partial charge in [-0.15, -0.1) is 0 Å². The highest BCUT2D eigenvalue weighted by Crippen LogP contribution is 2.32. The Labute approximate surface area is 121 Å². The second kappa shape index (κ2) is 7.38. The molecule has 0 bridgehead atoms. The van der Waals surface area contributed by atoms with E-state index < -0.39 is 5.54 Å². The minimum atomic E-state index is -0.699. The van der Waals surface area contributed by atoms with Crippen LogP contribution in [0.1, 0.15) is 45.4 Å². The molecule has 1 heterocycles. The van der Waals surface area contributed by atoms with E-state index in [4.69, 9.17) is 14.2 Å². The molecule has 0 aromatic carbocycles. The summed E-state index contributed by atoms with van der Waals surface area (Å²) in [7, 11) is 1.68. The van der Waals surface area contributed by atoms with Gasteiger partial charge < -0.3 is 14.2 Å². The molecule has 1 N–H and O–H groups in total. The number of nitrogens with one attached hydrogen (secondary N) is 1. The van der Waals surface area contributed by atoms with Crippen LogP contribution >= 0.6 is 0 Å². The fourth-order valence-electron chi connectivity index (χ4n) is 3.33. The summed E-state index contributed by atoms with van der Waals surface area (Å²) in [5, 5.41) is 3.44. The maximum atomic E-state index is 12.5. The first-order valence-electron chi connectivity index (χ1n) is 7.79. The molecule has 0 aromatic rings. The molecule has 1 aliphatic carbocycles. The Kier molecular flexibility index (Phi) is 5.81. The van der Waals surface area contributed by atoms with E-state index in [0.29, 0.717) is 13.2 Å². The number of ether oxygens (including phenoxy) is 3. The van der Waals surface area contributed by atoms with Crippen LogP contribution < -0.4 is 5.32 Å². The Balaban J connectivity index is 2.06. The van der Waals surface area contributed by atoms with Crippen LogP contribution in [-0.4, -0.2) is 50.6 Å². The molecule has 0 spiro atoms. The number of esters is 1. The highest BCUT2D eigenvalue weighted by molar-refractivity contribution is 5.82. The quantitative estimate of drug-likeness (QED) is 0.752. The fraction of sp³-hybridized carbons (Fsp3) is 0.933. The topological polar surface area (TPSA) is 56.8 Å². The molecule has 5 nitrogen and oxygen atoms in total. The van der Waals surface area contributed by atoms with E-state index in [-0.39, 0.29) is 18.2 Å². The molecule has 0 radical (unpaired) electrons. The molecular weight excluding hydrogens is 258 g/mol. The van der Waals surface area contributed by atoms with Gasteiger partial charge in [0.15, 0.2) is 0 Å². The van der Waals surface area contributed by atoms with Crippen molar-refractivity contribution in [2.24, 2.45) is 0 Å². The second-order valence-corrected chi connectivity index (χ2v) is 5.68. The van der Waals surface area contributed by atoms with E-state index in [1.165, 1.54) is 0 Å². The van der Waals surface area contributed by atoms with Gasteiger partial charge in [0, 0.05) is 20.3 Å². The van der Waals surface area contributed by atoms with Crippen LogP contribution in [0.25, 0.3) is 0 Å². The van der Waals surface area contributed by atoms with Gasteiger partial charge in [0.2, 0.25) is 0 Å². The van der Waals surface area contributed by atoms with Crippen molar-refractivity contribution in [3.63, 3.8) is 0 Å². The van der Waals surface area contributed by atoms with E-state index in [1.807, 2.05) is 6.92 Å². The second-order valence-electron chi connectivity index (χ2n) is 5.68. The smallest absolute Gasteiger partial charge is 0.329 e. The van der Waals surface area contributed by atoms with Crippen molar-refractivity contribution in [1.82, 2.24) is 5.32 Å². The molecule has 20 heavy (non-hydrogen) atoms. The Hall–Kier alpha value is -0.650. The molecule has 2 aliphatic rings. The van der Waals surface area contributed by atoms with Crippen molar-refractivity contribution < 1.29 is 19.0 Å². The summed E-state index contributed by atoms with van der Waals surface area (Å²) in [5.74, 6) is -0.176. The molecule has 1 saturated carbocycles. The summed E-state index contributed by atoms with van der Waals surface area (Å²) in [6.07, 6.45) is 6.05. The maximum Gasteiger partial charge on any atom is 0.329 e. The van der Waals surface area contributed by atoms with Crippen molar-refractivity contribution >= 4 is 5.97 Å². The Morgan fingerprint density at radius 2 is 2.20 bits per heavy atom. The van der Waals surface area contributed by atoms with Crippen LogP contribution in [-0.2, 0) is 19.0 Å². The zero-order chi connectivity index (χ0) is 14.4. The van der Waals surface area contributed by atoms with E-state index in [0.717, 1.165) is 45.1 Å². The predicted molar refractivity (Wildman–Crippen MR) is 75.6 cm³/mol. The van der Waals surface area contributed by atoms with Crippen molar-refractivity contribution in [2.45, 2.75) is 63.2 Å². The number of carbonyl (C=O) groups is 1. The Bertz CT molecular complexity index is 317. The van der Waals surface area contributed by atoms with Gasteiger partial charge in [-0.2, -0.15) is 0 Å². The van der Waals surface area contributed by atoms with Gasteiger partial charge in [-0.05, 0) is 32.6 Å². The number of hydrogen-bond donors (Lipinski definition) is 1. The lowest BCUT2D eigenvalue weighted by Gasteiger charge is -2.42. The third-order valence-electron chi connectivity index (χ3n) is 4.43. The van der Waals surface area contributed by atoms with E-state index in [1.54, 1.807) is 7.11 Å². The summed E-state index contributed by atoms with van der Waals surface area (Å²) in [4.78, 5) is 12.5. The SMILES string of the molecule is CCOC(=O)C1(NCC2CCCO2)CCCCC1OC. The molecule has 2 fully saturated rings. The van der Waals surface area contributed by atoms with Crippen LogP contribution in [0.15, 0.2) is 0 Å². The van der Waals surface area contributed by atoms with Gasteiger partial charge in [0.25, 0.3) is 0 Å². The molecule has 3 atom stereocenters. The number of methoxy groups -OCH3 is 1. The van der Waals surface area contributed by atoms with E-state index >= 15 is 0 Å². The average Bonchev–Trinajstić information content (AvgIpc) is 2.99. The van der Waals surface area contributed by atoms with Gasteiger partial charge in [-0.1, -0.05) is 12.8 Å². The summed E-state index contributed by atoms with van der Waals surface area (Å²) in [6, 6.07) is 0. The molecule has 1 saturated heterocycles. The molecule has 116 valence electrons. The third kappa shape index (κ3) is 3.32. The van der Waals surface area contributed by atoms with Crippen molar-refractivity contribution in [3.8, 4) is 0 Å². The fourth-order valence-corrected chi connectivity index (χ4v) is 3.33. The standard InChI is InChI=1S/C15H27NO4/c1-3-19-14(17)15(9-5-4-8-13(15)18-2)16-11-12-7-6-10-20-12/h12-13,16H,3-11H2,1-2H3. The van der Waals surface area contributed by atoms with Crippen molar-refractivity contribution in [2.75, 3.05) is 26.9 Å². The normalized spacial score (nSPS) is 34.1. The number of hydrogen-bond acceptors (Lipinski definition) is 5. The Morgan fingerprint density at radius 1 is 1.35 bits per heavy atom. The molecular formula is C15H27NO4. The largest absolute Gasteiger partial charge is 0.465 e. The van der Waals surface area contributed by atoms with Gasteiger partial charge in [0.05, 0.1) is 18.8 Å². The van der Waals surface area contributed by atoms with Crippen molar-refractivity contribution in [1.29, 1.82) is 0 Å². The zero-order valence-electron chi connectivity index (χ0n) is 12.7. The molecule has 0 amide bonds. The van der Waals surface area contributed by atoms with Crippen LogP contribution in [0.2, 0.25) is 0 Å². The molecule has 1 aliphatic heterocycles. The first-order chi connectivity index (χ1) is 9.73. The van der Waals surface area contributed by atoms with Gasteiger partial charge in [-0.3, -0.25) is 5.32 Å². The molecule has 3 unspecified atom stereocenters. The van der Waals surface area contributed by atoms with Crippen LogP contribution in [0.4, 0.5) is 0 Å².